The molecule has 0 amide bonds. The molecule has 0 bridgehead atoms. The first-order valence-corrected chi connectivity index (χ1v) is 6.31. The molecule has 0 N–H and O–H groups in total. The minimum atomic E-state index is 0.347. The molecule has 0 spiro atoms. The maximum atomic E-state index is 8.82. The first-order valence-electron chi connectivity index (χ1n) is 3.82. The molecule has 0 atom stereocenters. The fourth-order valence-electron chi connectivity index (χ4n) is 0.894. The highest BCUT2D eigenvalue weighted by atomic mass is 35.5. The van der Waals surface area contributed by atoms with Crippen LogP contribution in [0.2, 0.25) is 5.15 Å². The summed E-state index contributed by atoms with van der Waals surface area (Å²) < 4.78 is 4.47. The van der Waals surface area contributed by atoms with Crippen LogP contribution in [0, 0.1) is 11.3 Å². The summed E-state index contributed by atoms with van der Waals surface area (Å²) in [6.45, 7) is 0. The van der Waals surface area contributed by atoms with Gasteiger partial charge in [-0.25, -0.2) is 9.98 Å². The molecule has 0 fully saturated rings. The van der Waals surface area contributed by atoms with E-state index in [1.54, 1.807) is 18.3 Å². The van der Waals surface area contributed by atoms with Crippen molar-refractivity contribution in [3.63, 3.8) is 0 Å². The first kappa shape index (κ1) is 10.2. The number of nitrogens with zero attached hydrogens (tertiary/aromatic N) is 4. The lowest BCUT2D eigenvalue weighted by Crippen LogP contribution is -1.94. The average Bonchev–Trinajstić information content (AvgIpc) is 2.65. The van der Waals surface area contributed by atoms with Crippen LogP contribution in [-0.4, -0.2) is 9.36 Å². The molecule has 7 heteroatoms. The van der Waals surface area contributed by atoms with E-state index >= 15 is 0 Å². The zero-order valence-corrected chi connectivity index (χ0v) is 9.60. The minimum Gasteiger partial charge on any atom is -0.236 e. The zero-order valence-electron chi connectivity index (χ0n) is 7.22. The van der Waals surface area contributed by atoms with Crippen LogP contribution in [0.5, 0.6) is 0 Å². The van der Waals surface area contributed by atoms with Crippen LogP contribution in [0.15, 0.2) is 23.3 Å². The van der Waals surface area contributed by atoms with Crippen LogP contribution in [0.3, 0.4) is 0 Å². The van der Waals surface area contributed by atoms with E-state index in [2.05, 4.69) is 14.3 Å². The Bertz CT molecular complexity index is 581. The molecule has 0 aromatic carbocycles. The second kappa shape index (κ2) is 4.49. The van der Waals surface area contributed by atoms with E-state index in [9.17, 15) is 0 Å². The fourth-order valence-corrected chi connectivity index (χ4v) is 2.87. The molecule has 0 saturated carbocycles. The van der Waals surface area contributed by atoms with Crippen molar-refractivity contribution >= 4 is 38.3 Å². The van der Waals surface area contributed by atoms with Crippen LogP contribution in [0.4, 0.5) is 5.82 Å². The summed E-state index contributed by atoms with van der Waals surface area (Å²) >= 11 is 5.79. The number of nitriles is 1. The summed E-state index contributed by atoms with van der Waals surface area (Å²) in [5.74, 6) is 0.373. The van der Waals surface area contributed by atoms with Gasteiger partial charge in [0, 0.05) is 16.7 Å². The minimum absolute atomic E-state index is 0.347. The maximum Gasteiger partial charge on any atom is 0.179 e. The Kier molecular flexibility index (Phi) is 3.06. The van der Waals surface area contributed by atoms with Gasteiger partial charge in [-0.2, -0.15) is 9.64 Å². The zero-order chi connectivity index (χ0) is 10.7. The van der Waals surface area contributed by atoms with Crippen molar-refractivity contribution in [2.75, 3.05) is 0 Å². The Balaban J connectivity index is 2.59. The quantitative estimate of drug-likeness (QED) is 0.734. The van der Waals surface area contributed by atoms with E-state index < -0.39 is 0 Å². The predicted molar refractivity (Wildman–Crippen MR) is 59.2 cm³/mol. The monoisotopic (exact) mass is 254 g/mol. The third-order valence-electron chi connectivity index (χ3n) is 1.52. The van der Waals surface area contributed by atoms with Crippen LogP contribution < -0.4 is 4.67 Å². The molecule has 0 unspecified atom stereocenters. The van der Waals surface area contributed by atoms with Crippen LogP contribution >= 0.6 is 32.5 Å². The lowest BCUT2D eigenvalue weighted by molar-refractivity contribution is 1.21. The van der Waals surface area contributed by atoms with E-state index in [-0.39, 0.29) is 0 Å². The molecular formula is C8H3ClN4S2. The summed E-state index contributed by atoms with van der Waals surface area (Å²) in [5.41, 5.74) is 0.423. The van der Waals surface area contributed by atoms with Gasteiger partial charge >= 0.3 is 0 Å². The van der Waals surface area contributed by atoms with Crippen LogP contribution in [0.1, 0.15) is 5.56 Å². The molecule has 2 heterocycles. The topological polar surface area (TPSA) is 61.9 Å². The van der Waals surface area contributed by atoms with Gasteiger partial charge in [0.2, 0.25) is 0 Å². The van der Waals surface area contributed by atoms with Crippen LogP contribution in [-0.2, 0) is 0 Å². The number of hydrogen-bond donors (Lipinski definition) is 0. The third kappa shape index (κ3) is 2.21. The molecule has 2 rings (SSSR count). The molecular weight excluding hydrogens is 252 g/mol. The summed E-state index contributed by atoms with van der Waals surface area (Å²) in [6, 6.07) is 5.36. The van der Waals surface area contributed by atoms with E-state index in [0.717, 1.165) is 0 Å². The lowest BCUT2D eigenvalue weighted by Gasteiger charge is -1.92. The average molecular weight is 255 g/mol. The second-order valence-corrected chi connectivity index (χ2v) is 4.63. The number of rotatable bonds is 1. The number of aromatic nitrogens is 2. The highest BCUT2D eigenvalue weighted by Gasteiger charge is 2.02. The first-order chi connectivity index (χ1) is 7.31. The molecule has 2 aromatic rings. The van der Waals surface area contributed by atoms with Crippen molar-refractivity contribution in [3.05, 3.63) is 33.7 Å². The van der Waals surface area contributed by atoms with E-state index in [1.165, 1.54) is 20.9 Å². The third-order valence-corrected chi connectivity index (χ3v) is 3.70. The Morgan fingerprint density at radius 3 is 3.07 bits per heavy atom. The highest BCUT2D eigenvalue weighted by Crippen LogP contribution is 2.14. The van der Waals surface area contributed by atoms with E-state index in [4.69, 9.17) is 16.9 Å². The van der Waals surface area contributed by atoms with Crippen molar-refractivity contribution in [2.24, 2.45) is 4.99 Å². The van der Waals surface area contributed by atoms with Gasteiger partial charge in [-0.3, -0.25) is 0 Å². The molecule has 4 nitrogen and oxygen atoms in total. The van der Waals surface area contributed by atoms with Crippen LogP contribution in [0.25, 0.3) is 0 Å². The van der Waals surface area contributed by atoms with Crippen molar-refractivity contribution in [1.29, 1.82) is 5.26 Å². The number of hydrogen-bond acceptors (Lipinski definition) is 6. The van der Waals surface area contributed by atoms with Gasteiger partial charge in [0.25, 0.3) is 0 Å². The van der Waals surface area contributed by atoms with Gasteiger partial charge in [-0.1, -0.05) is 11.6 Å². The second-order valence-electron chi connectivity index (χ2n) is 2.44. The normalized spacial score (nSPS) is 11.3. The molecule has 74 valence electrons. The SMILES string of the molecule is N#Cc1cccnc1N=c1ssnc1Cl. The van der Waals surface area contributed by atoms with Gasteiger partial charge in [0.05, 0.1) is 5.56 Å². The summed E-state index contributed by atoms with van der Waals surface area (Å²) in [4.78, 5) is 8.17. The molecule has 2 aromatic heterocycles. The molecule has 0 saturated heterocycles. The number of pyridine rings is 1. The Hall–Kier alpha value is -1.29. The van der Waals surface area contributed by atoms with Gasteiger partial charge in [0.15, 0.2) is 15.6 Å². The number of halogens is 1. The van der Waals surface area contributed by atoms with Gasteiger partial charge in [0.1, 0.15) is 6.07 Å². The highest BCUT2D eigenvalue weighted by molar-refractivity contribution is 7.66. The molecule has 15 heavy (non-hydrogen) atoms. The fraction of sp³-hybridized carbons (Fsp3) is 0. The van der Waals surface area contributed by atoms with Crippen molar-refractivity contribution in [2.45, 2.75) is 0 Å². The van der Waals surface area contributed by atoms with E-state index in [1.807, 2.05) is 6.07 Å². The lowest BCUT2D eigenvalue weighted by atomic mass is 10.3. The van der Waals surface area contributed by atoms with Crippen molar-refractivity contribution in [3.8, 4) is 6.07 Å². The molecule has 0 radical (unpaired) electrons. The predicted octanol–water partition coefficient (Wildman–Crippen LogP) is 2.36. The standard InChI is InChI=1S/C8H3ClN4S2/c9-6-8(14-15-13-6)12-7-5(4-10)2-1-3-11-7/h1-3H. The summed E-state index contributed by atoms with van der Waals surface area (Å²) in [7, 11) is 2.60. The molecule has 0 aliphatic rings. The smallest absolute Gasteiger partial charge is 0.179 e. The summed E-state index contributed by atoms with van der Waals surface area (Å²) in [5, 5.41) is 9.17. The largest absolute Gasteiger partial charge is 0.236 e. The van der Waals surface area contributed by atoms with Gasteiger partial charge in [-0.05, 0) is 22.5 Å². The maximum absolute atomic E-state index is 8.82. The van der Waals surface area contributed by atoms with Crippen molar-refractivity contribution < 1.29 is 0 Å². The molecule has 0 aliphatic carbocycles. The van der Waals surface area contributed by atoms with Gasteiger partial charge in [-0.15, -0.1) is 0 Å². The van der Waals surface area contributed by atoms with Crippen molar-refractivity contribution in [1.82, 2.24) is 9.36 Å². The Labute approximate surface area is 97.7 Å². The van der Waals surface area contributed by atoms with E-state index in [0.29, 0.717) is 21.2 Å². The molecule has 0 aliphatic heterocycles. The Morgan fingerprint density at radius 1 is 1.53 bits per heavy atom. The summed E-state index contributed by atoms with van der Waals surface area (Å²) in [6.07, 6.45) is 1.58. The Morgan fingerprint density at radius 2 is 2.40 bits per heavy atom. The van der Waals surface area contributed by atoms with Gasteiger partial charge < -0.3 is 0 Å².